The monoisotopic (exact) mass is 270 g/mol. The van der Waals surface area contributed by atoms with Gasteiger partial charge in [0, 0.05) is 31.2 Å². The molecule has 1 aromatic carbocycles. The normalized spacial score (nSPS) is 26.4. The maximum absolute atomic E-state index is 12.7. The van der Waals surface area contributed by atoms with E-state index in [0.717, 1.165) is 37.2 Å². The van der Waals surface area contributed by atoms with Gasteiger partial charge in [-0.3, -0.25) is 4.79 Å². The van der Waals surface area contributed by atoms with Gasteiger partial charge in [0.2, 0.25) is 0 Å². The number of nitrogens with zero attached hydrogens (tertiary/aromatic N) is 2. The predicted molar refractivity (Wildman–Crippen MR) is 81.6 cm³/mol. The van der Waals surface area contributed by atoms with Gasteiger partial charge >= 0.3 is 0 Å². The molecule has 20 heavy (non-hydrogen) atoms. The zero-order valence-electron chi connectivity index (χ0n) is 12.1. The van der Waals surface area contributed by atoms with Gasteiger partial charge in [0.05, 0.1) is 0 Å². The molecule has 0 saturated carbocycles. The zero-order chi connectivity index (χ0) is 14.1. The molecule has 0 radical (unpaired) electrons. The Kier molecular flexibility index (Phi) is 3.62. The third kappa shape index (κ3) is 2.50. The van der Waals surface area contributed by atoms with Crippen LogP contribution in [0, 0.1) is 5.92 Å². The van der Waals surface area contributed by atoms with Gasteiger partial charge in [-0.05, 0) is 43.5 Å². The lowest BCUT2D eigenvalue weighted by Gasteiger charge is -2.36. The number of carbonyl (C=O) groups excluding carboxylic acids is 1. The Labute approximate surface area is 120 Å². The summed E-state index contributed by atoms with van der Waals surface area (Å²) >= 11 is 0. The molecule has 3 aliphatic heterocycles. The van der Waals surface area contributed by atoms with E-state index < -0.39 is 0 Å². The van der Waals surface area contributed by atoms with Gasteiger partial charge < -0.3 is 9.80 Å². The molecular weight excluding hydrogens is 248 g/mol. The summed E-state index contributed by atoms with van der Waals surface area (Å²) < 4.78 is 0. The van der Waals surface area contributed by atoms with Crippen molar-refractivity contribution < 1.29 is 4.79 Å². The van der Waals surface area contributed by atoms with Crippen molar-refractivity contribution >= 4 is 12.0 Å². The maximum Gasteiger partial charge on any atom is 0.254 e. The molecule has 3 fully saturated rings. The Balaban J connectivity index is 1.81. The Morgan fingerprint density at radius 2 is 1.95 bits per heavy atom. The second-order valence-electron chi connectivity index (χ2n) is 6.10. The van der Waals surface area contributed by atoms with E-state index >= 15 is 0 Å². The van der Waals surface area contributed by atoms with Crippen molar-refractivity contribution in [2.24, 2.45) is 5.92 Å². The summed E-state index contributed by atoms with van der Waals surface area (Å²) in [6.07, 6.45) is 4.21. The number of carbonyl (C=O) groups is 1. The number of hydrogen-bond donors (Lipinski definition) is 0. The van der Waals surface area contributed by atoms with E-state index in [1.807, 2.05) is 24.3 Å². The fourth-order valence-corrected chi connectivity index (χ4v) is 3.49. The molecule has 3 heterocycles. The first-order valence-corrected chi connectivity index (χ1v) is 7.39. The lowest BCUT2D eigenvalue weighted by molar-refractivity contribution is 0.0587. The van der Waals surface area contributed by atoms with Crippen LogP contribution in [0.15, 0.2) is 30.8 Å². The molecule has 0 spiro atoms. The molecule has 4 rings (SSSR count). The van der Waals surface area contributed by atoms with Gasteiger partial charge in [-0.1, -0.05) is 24.8 Å². The molecule has 1 amide bonds. The first-order chi connectivity index (χ1) is 9.67. The number of amides is 1. The van der Waals surface area contributed by atoms with E-state index in [4.69, 9.17) is 0 Å². The Bertz CT molecular complexity index is 508. The van der Waals surface area contributed by atoms with Crippen molar-refractivity contribution in [2.75, 3.05) is 26.7 Å². The molecule has 3 heteroatoms. The first kappa shape index (κ1) is 13.4. The highest BCUT2D eigenvalue weighted by atomic mass is 16.2. The fourth-order valence-electron chi connectivity index (χ4n) is 3.49. The van der Waals surface area contributed by atoms with Gasteiger partial charge in [0.15, 0.2) is 0 Å². The van der Waals surface area contributed by atoms with Crippen LogP contribution in [0.25, 0.3) is 6.08 Å². The minimum atomic E-state index is 0.186. The lowest BCUT2D eigenvalue weighted by atomic mass is 9.94. The number of rotatable bonds is 2. The molecule has 106 valence electrons. The van der Waals surface area contributed by atoms with Crippen molar-refractivity contribution in [2.45, 2.75) is 18.9 Å². The molecule has 0 aromatic heterocycles. The molecule has 1 aromatic rings. The van der Waals surface area contributed by atoms with Crippen molar-refractivity contribution in [1.82, 2.24) is 9.80 Å². The smallest absolute Gasteiger partial charge is 0.254 e. The van der Waals surface area contributed by atoms with Crippen molar-refractivity contribution in [1.29, 1.82) is 0 Å². The largest absolute Gasteiger partial charge is 0.334 e. The molecule has 0 N–H and O–H groups in total. The van der Waals surface area contributed by atoms with E-state index in [0.29, 0.717) is 12.0 Å². The standard InChI is InChI=1S/C17H22N2O/c1-3-13-4-7-15(8-5-13)17(20)19-11-14-6-9-16(19)12-18(2)10-14/h3-5,7-8,14,16H,1,6,9-12H2,2H3/t14-,16+/m0/s1. The summed E-state index contributed by atoms with van der Waals surface area (Å²) in [7, 11) is 2.16. The van der Waals surface area contributed by atoms with Gasteiger partial charge in [-0.2, -0.15) is 0 Å². The first-order valence-electron chi connectivity index (χ1n) is 7.39. The van der Waals surface area contributed by atoms with Crippen LogP contribution < -0.4 is 0 Å². The third-order valence-electron chi connectivity index (χ3n) is 4.55. The molecule has 3 aliphatic rings. The van der Waals surface area contributed by atoms with E-state index in [9.17, 15) is 4.79 Å². The number of piperidine rings is 1. The average Bonchev–Trinajstić information content (AvgIpc) is 2.75. The minimum Gasteiger partial charge on any atom is -0.334 e. The minimum absolute atomic E-state index is 0.186. The lowest BCUT2D eigenvalue weighted by Crippen LogP contribution is -2.47. The summed E-state index contributed by atoms with van der Waals surface area (Å²) in [5.74, 6) is 0.820. The SMILES string of the molecule is C=Cc1ccc(C(=O)N2C[C@H]3CC[C@@H]2CN(C)C3)cc1. The summed E-state index contributed by atoms with van der Waals surface area (Å²) in [4.78, 5) is 17.2. The average molecular weight is 270 g/mol. The van der Waals surface area contributed by atoms with Crippen LogP contribution in [-0.4, -0.2) is 48.4 Å². The maximum atomic E-state index is 12.7. The summed E-state index contributed by atoms with van der Waals surface area (Å²) in [5, 5.41) is 0. The Morgan fingerprint density at radius 3 is 2.65 bits per heavy atom. The molecule has 2 bridgehead atoms. The fraction of sp³-hybridized carbons (Fsp3) is 0.471. The number of likely N-dealkylation sites (N-methyl/N-ethyl adjacent to an activating group) is 1. The van der Waals surface area contributed by atoms with Gasteiger partial charge in [-0.25, -0.2) is 0 Å². The topological polar surface area (TPSA) is 23.6 Å². The van der Waals surface area contributed by atoms with E-state index in [2.05, 4.69) is 23.4 Å². The van der Waals surface area contributed by atoms with Gasteiger partial charge in [0.25, 0.3) is 5.91 Å². The molecule has 3 saturated heterocycles. The number of hydrogen-bond acceptors (Lipinski definition) is 2. The van der Waals surface area contributed by atoms with Gasteiger partial charge in [0.1, 0.15) is 0 Å². The Morgan fingerprint density at radius 1 is 1.20 bits per heavy atom. The molecule has 2 atom stereocenters. The van der Waals surface area contributed by atoms with Crippen LogP contribution in [0.5, 0.6) is 0 Å². The van der Waals surface area contributed by atoms with Crippen LogP contribution in [0.3, 0.4) is 0 Å². The highest BCUT2D eigenvalue weighted by molar-refractivity contribution is 5.94. The highest BCUT2D eigenvalue weighted by Gasteiger charge is 2.36. The molecule has 3 nitrogen and oxygen atoms in total. The molecule has 0 unspecified atom stereocenters. The zero-order valence-corrected chi connectivity index (χ0v) is 12.1. The molecular formula is C17H22N2O. The van der Waals surface area contributed by atoms with Crippen molar-refractivity contribution in [3.63, 3.8) is 0 Å². The van der Waals surface area contributed by atoms with Crippen LogP contribution in [0.2, 0.25) is 0 Å². The van der Waals surface area contributed by atoms with Crippen LogP contribution in [0.1, 0.15) is 28.8 Å². The van der Waals surface area contributed by atoms with Crippen LogP contribution in [0.4, 0.5) is 0 Å². The van der Waals surface area contributed by atoms with E-state index in [1.165, 1.54) is 6.42 Å². The quantitative estimate of drug-likeness (QED) is 0.824. The van der Waals surface area contributed by atoms with Crippen LogP contribution in [-0.2, 0) is 0 Å². The van der Waals surface area contributed by atoms with E-state index in [-0.39, 0.29) is 5.91 Å². The van der Waals surface area contributed by atoms with Gasteiger partial charge in [-0.15, -0.1) is 0 Å². The third-order valence-corrected chi connectivity index (χ3v) is 4.55. The van der Waals surface area contributed by atoms with Crippen molar-refractivity contribution in [3.05, 3.63) is 42.0 Å². The Hall–Kier alpha value is -1.61. The number of fused-ring (bicyclic) bond motifs is 4. The summed E-state index contributed by atoms with van der Waals surface area (Å²) in [5.41, 5.74) is 1.85. The second-order valence-corrected chi connectivity index (χ2v) is 6.10. The highest BCUT2D eigenvalue weighted by Crippen LogP contribution is 2.28. The summed E-state index contributed by atoms with van der Waals surface area (Å²) in [6.45, 7) is 6.79. The predicted octanol–water partition coefficient (Wildman–Crippen LogP) is 2.50. The second kappa shape index (κ2) is 5.41. The molecule has 0 aliphatic carbocycles. The van der Waals surface area contributed by atoms with E-state index in [1.54, 1.807) is 6.08 Å². The summed E-state index contributed by atoms with van der Waals surface area (Å²) in [6, 6.07) is 8.14. The van der Waals surface area contributed by atoms with Crippen molar-refractivity contribution in [3.8, 4) is 0 Å². The van der Waals surface area contributed by atoms with Crippen LogP contribution >= 0.6 is 0 Å². The number of benzene rings is 1.